The Hall–Kier alpha value is -0.900. The summed E-state index contributed by atoms with van der Waals surface area (Å²) in [4.78, 5) is 0. The van der Waals surface area contributed by atoms with Crippen LogP contribution in [0.15, 0.2) is 24.3 Å². The lowest BCUT2D eigenvalue weighted by atomic mass is 10.1. The average molecular weight is 179 g/mol. The Morgan fingerprint density at radius 3 is 2.15 bits per heavy atom. The maximum Gasteiger partial charge on any atom is 0.0431 e. The van der Waals surface area contributed by atoms with Gasteiger partial charge in [-0.1, -0.05) is 24.3 Å². The van der Waals surface area contributed by atoms with Crippen LogP contribution in [0.1, 0.15) is 11.1 Å². The van der Waals surface area contributed by atoms with Gasteiger partial charge in [0.2, 0.25) is 0 Å². The van der Waals surface area contributed by atoms with Crippen molar-refractivity contribution < 1.29 is 0 Å². The van der Waals surface area contributed by atoms with Gasteiger partial charge in [0, 0.05) is 13.2 Å². The zero-order chi connectivity index (χ0) is 9.52. The molecule has 0 aliphatic carbocycles. The van der Waals surface area contributed by atoms with Crippen molar-refractivity contribution in [3.05, 3.63) is 35.4 Å². The summed E-state index contributed by atoms with van der Waals surface area (Å²) < 4.78 is 0. The molecule has 0 spiro atoms. The number of rotatable bonds is 5. The minimum absolute atomic E-state index is 0.518. The zero-order valence-electron chi connectivity index (χ0n) is 7.79. The van der Waals surface area contributed by atoms with E-state index >= 15 is 0 Å². The van der Waals surface area contributed by atoms with Gasteiger partial charge in [0.25, 0.3) is 0 Å². The maximum absolute atomic E-state index is 5.45. The fraction of sp³-hybridized carbons (Fsp3) is 0.400. The molecule has 5 N–H and O–H groups in total. The Kier molecular flexibility index (Phi) is 4.46. The van der Waals surface area contributed by atoms with Gasteiger partial charge >= 0.3 is 0 Å². The highest BCUT2D eigenvalue weighted by Crippen LogP contribution is 2.04. The number of nitrogens with one attached hydrogen (secondary N) is 1. The van der Waals surface area contributed by atoms with E-state index in [1.165, 1.54) is 11.1 Å². The third-order valence-corrected chi connectivity index (χ3v) is 1.93. The van der Waals surface area contributed by atoms with E-state index in [0.29, 0.717) is 13.2 Å². The lowest BCUT2D eigenvalue weighted by Gasteiger charge is -2.03. The van der Waals surface area contributed by atoms with Gasteiger partial charge in [-0.2, -0.15) is 0 Å². The first-order valence-electron chi connectivity index (χ1n) is 4.55. The van der Waals surface area contributed by atoms with Crippen LogP contribution in [-0.2, 0) is 13.0 Å². The van der Waals surface area contributed by atoms with Crippen LogP contribution in [0.3, 0.4) is 0 Å². The molecule has 0 aromatic heterocycles. The summed E-state index contributed by atoms with van der Waals surface area (Å²) in [5, 5.41) is 3.07. The first kappa shape index (κ1) is 10.2. The summed E-state index contributed by atoms with van der Waals surface area (Å²) in [6.07, 6.45) is 0.949. The molecule has 0 unspecified atom stereocenters. The SMILES string of the molecule is NCCc1ccc(CNCN)cc1. The highest BCUT2D eigenvalue weighted by Gasteiger charge is 1.92. The summed E-state index contributed by atoms with van der Waals surface area (Å²) in [7, 11) is 0. The maximum atomic E-state index is 5.45. The third-order valence-electron chi connectivity index (χ3n) is 1.93. The Morgan fingerprint density at radius 2 is 1.62 bits per heavy atom. The van der Waals surface area contributed by atoms with Crippen LogP contribution in [0.25, 0.3) is 0 Å². The molecule has 0 aliphatic heterocycles. The van der Waals surface area contributed by atoms with E-state index in [4.69, 9.17) is 11.5 Å². The number of hydrogen-bond donors (Lipinski definition) is 3. The molecule has 0 heterocycles. The lowest BCUT2D eigenvalue weighted by molar-refractivity contribution is 0.709. The van der Waals surface area contributed by atoms with Gasteiger partial charge in [-0.15, -0.1) is 0 Å². The molecular weight excluding hydrogens is 162 g/mol. The van der Waals surface area contributed by atoms with Crippen molar-refractivity contribution in [2.75, 3.05) is 13.2 Å². The van der Waals surface area contributed by atoms with E-state index < -0.39 is 0 Å². The standard InChI is InChI=1S/C10H17N3/c11-6-5-9-1-3-10(4-2-9)7-13-8-12/h1-4,13H,5-8,11-12H2. The Morgan fingerprint density at radius 1 is 1.00 bits per heavy atom. The van der Waals surface area contributed by atoms with Crippen molar-refractivity contribution in [2.45, 2.75) is 13.0 Å². The van der Waals surface area contributed by atoms with Crippen molar-refractivity contribution in [1.82, 2.24) is 5.32 Å². The molecule has 0 saturated heterocycles. The van der Waals surface area contributed by atoms with E-state index in [9.17, 15) is 0 Å². The van der Waals surface area contributed by atoms with Gasteiger partial charge in [-0.25, -0.2) is 0 Å². The van der Waals surface area contributed by atoms with E-state index in [1.807, 2.05) is 0 Å². The molecule has 0 radical (unpaired) electrons. The topological polar surface area (TPSA) is 64.1 Å². The van der Waals surface area contributed by atoms with Crippen LogP contribution in [0.5, 0.6) is 0 Å². The predicted octanol–water partition coefficient (Wildman–Crippen LogP) is 0.194. The first-order chi connectivity index (χ1) is 6.36. The molecule has 0 amide bonds. The van der Waals surface area contributed by atoms with Crippen LogP contribution < -0.4 is 16.8 Å². The van der Waals surface area contributed by atoms with Crippen molar-refractivity contribution in [3.63, 3.8) is 0 Å². The van der Waals surface area contributed by atoms with E-state index in [2.05, 4.69) is 29.6 Å². The molecule has 3 nitrogen and oxygen atoms in total. The first-order valence-corrected chi connectivity index (χ1v) is 4.55. The second kappa shape index (κ2) is 5.70. The van der Waals surface area contributed by atoms with Gasteiger partial charge in [-0.3, -0.25) is 0 Å². The molecule has 0 bridgehead atoms. The van der Waals surface area contributed by atoms with E-state index in [0.717, 1.165) is 13.0 Å². The Balaban J connectivity index is 2.48. The fourth-order valence-electron chi connectivity index (χ4n) is 1.21. The van der Waals surface area contributed by atoms with E-state index in [1.54, 1.807) is 0 Å². The molecule has 13 heavy (non-hydrogen) atoms. The highest BCUT2D eigenvalue weighted by atomic mass is 14.9. The van der Waals surface area contributed by atoms with E-state index in [-0.39, 0.29) is 0 Å². The van der Waals surface area contributed by atoms with Crippen LogP contribution in [0, 0.1) is 0 Å². The van der Waals surface area contributed by atoms with Crippen LogP contribution in [0.4, 0.5) is 0 Å². The van der Waals surface area contributed by atoms with Crippen LogP contribution in [-0.4, -0.2) is 13.2 Å². The molecule has 0 aliphatic rings. The predicted molar refractivity (Wildman–Crippen MR) is 55.1 cm³/mol. The molecule has 0 fully saturated rings. The van der Waals surface area contributed by atoms with Crippen molar-refractivity contribution in [1.29, 1.82) is 0 Å². The number of benzene rings is 1. The number of nitrogens with two attached hydrogens (primary N) is 2. The van der Waals surface area contributed by atoms with Gasteiger partial charge in [-0.05, 0) is 24.1 Å². The normalized spacial score (nSPS) is 10.3. The third kappa shape index (κ3) is 3.55. The molecule has 0 atom stereocenters. The van der Waals surface area contributed by atoms with Crippen molar-refractivity contribution in [3.8, 4) is 0 Å². The second-order valence-corrected chi connectivity index (χ2v) is 2.99. The fourth-order valence-corrected chi connectivity index (χ4v) is 1.21. The summed E-state index contributed by atoms with van der Waals surface area (Å²) in [5.74, 6) is 0. The molecule has 3 heteroatoms. The summed E-state index contributed by atoms with van der Waals surface area (Å²) in [6, 6.07) is 8.43. The molecule has 0 saturated carbocycles. The molecule has 1 aromatic rings. The van der Waals surface area contributed by atoms with Gasteiger partial charge in [0.15, 0.2) is 0 Å². The van der Waals surface area contributed by atoms with Crippen molar-refractivity contribution >= 4 is 0 Å². The van der Waals surface area contributed by atoms with Gasteiger partial charge in [0.1, 0.15) is 0 Å². The van der Waals surface area contributed by atoms with Crippen LogP contribution in [0.2, 0.25) is 0 Å². The van der Waals surface area contributed by atoms with Crippen LogP contribution >= 0.6 is 0 Å². The Labute approximate surface area is 79.1 Å². The summed E-state index contributed by atoms with van der Waals surface area (Å²) in [5.41, 5.74) is 13.3. The Bertz CT molecular complexity index is 230. The molecule has 1 aromatic carbocycles. The van der Waals surface area contributed by atoms with Crippen molar-refractivity contribution in [2.24, 2.45) is 11.5 Å². The zero-order valence-corrected chi connectivity index (χ0v) is 7.79. The largest absolute Gasteiger partial charge is 0.330 e. The minimum atomic E-state index is 0.518. The second-order valence-electron chi connectivity index (χ2n) is 2.99. The quantitative estimate of drug-likeness (QED) is 0.565. The minimum Gasteiger partial charge on any atom is -0.330 e. The monoisotopic (exact) mass is 179 g/mol. The van der Waals surface area contributed by atoms with Gasteiger partial charge in [0.05, 0.1) is 0 Å². The molecular formula is C10H17N3. The molecule has 72 valence electrons. The number of hydrogen-bond acceptors (Lipinski definition) is 3. The average Bonchev–Trinajstić information content (AvgIpc) is 2.17. The smallest absolute Gasteiger partial charge is 0.0431 e. The lowest BCUT2D eigenvalue weighted by Crippen LogP contribution is -2.21. The molecule has 1 rings (SSSR count). The summed E-state index contributed by atoms with van der Waals surface area (Å²) in [6.45, 7) is 2.06. The summed E-state index contributed by atoms with van der Waals surface area (Å²) >= 11 is 0. The highest BCUT2D eigenvalue weighted by molar-refractivity contribution is 5.22. The van der Waals surface area contributed by atoms with Gasteiger partial charge < -0.3 is 16.8 Å².